The second kappa shape index (κ2) is 5.93. The molecule has 0 atom stereocenters. The number of ether oxygens (including phenoxy) is 2. The normalized spacial score (nSPS) is 16.1. The van der Waals surface area contributed by atoms with Crippen molar-refractivity contribution in [2.75, 3.05) is 33.0 Å². The predicted molar refractivity (Wildman–Crippen MR) is 73.9 cm³/mol. The van der Waals surface area contributed by atoms with Crippen LogP contribution in [0.2, 0.25) is 0 Å². The van der Waals surface area contributed by atoms with Crippen LogP contribution in [0.3, 0.4) is 0 Å². The highest BCUT2D eigenvalue weighted by molar-refractivity contribution is 6.03. The van der Waals surface area contributed by atoms with Crippen LogP contribution in [-0.2, 0) is 0 Å². The number of Topliss-reactive ketones (excluding diaryl/α,β-unsaturated/α-hetero) is 1. The first kappa shape index (κ1) is 13.7. The van der Waals surface area contributed by atoms with Gasteiger partial charge in [-0.2, -0.15) is 0 Å². The summed E-state index contributed by atoms with van der Waals surface area (Å²) in [7, 11) is 3.10. The minimum Gasteiger partial charge on any atom is -0.493 e. The van der Waals surface area contributed by atoms with Crippen LogP contribution in [-0.4, -0.2) is 33.1 Å². The molecule has 0 aliphatic carbocycles. The molecule has 1 aliphatic heterocycles. The van der Waals surface area contributed by atoms with Gasteiger partial charge >= 0.3 is 0 Å². The quantitative estimate of drug-likeness (QED) is 0.636. The molecule has 0 unspecified atom stereocenters. The van der Waals surface area contributed by atoms with Gasteiger partial charge in [-0.3, -0.25) is 4.79 Å². The maximum atomic E-state index is 12.5. The lowest BCUT2D eigenvalue weighted by molar-refractivity contribution is 0.0895. The fraction of sp³-hybridized carbons (Fsp3) is 0.500. The van der Waals surface area contributed by atoms with Crippen LogP contribution in [0, 0.1) is 5.92 Å². The van der Waals surface area contributed by atoms with Crippen LogP contribution < -0.4 is 20.5 Å². The number of methoxy groups -OCH3 is 2. The third-order valence-electron chi connectivity index (χ3n) is 3.53. The molecule has 0 radical (unpaired) electrons. The highest BCUT2D eigenvalue weighted by Gasteiger charge is 2.25. The Bertz CT molecular complexity index is 468. The van der Waals surface area contributed by atoms with Gasteiger partial charge in [0.2, 0.25) is 0 Å². The fourth-order valence-electron chi connectivity index (χ4n) is 2.41. The van der Waals surface area contributed by atoms with Crippen molar-refractivity contribution in [2.45, 2.75) is 12.8 Å². The molecule has 1 aromatic carbocycles. The number of nitrogens with one attached hydrogen (secondary N) is 1. The summed E-state index contributed by atoms with van der Waals surface area (Å²) >= 11 is 0. The van der Waals surface area contributed by atoms with Crippen LogP contribution in [0.5, 0.6) is 11.5 Å². The maximum Gasteiger partial charge on any atom is 0.168 e. The number of hydrogen-bond acceptors (Lipinski definition) is 5. The van der Waals surface area contributed by atoms with Crippen molar-refractivity contribution in [2.24, 2.45) is 5.92 Å². The molecule has 0 amide bonds. The molecule has 1 saturated heterocycles. The van der Waals surface area contributed by atoms with E-state index >= 15 is 0 Å². The van der Waals surface area contributed by atoms with E-state index in [2.05, 4.69) is 5.32 Å². The van der Waals surface area contributed by atoms with E-state index in [0.717, 1.165) is 25.9 Å². The maximum absolute atomic E-state index is 12.5. The molecular weight excluding hydrogens is 244 g/mol. The molecule has 0 bridgehead atoms. The van der Waals surface area contributed by atoms with E-state index in [1.165, 1.54) is 0 Å². The molecule has 3 N–H and O–H groups in total. The van der Waals surface area contributed by atoms with Crippen molar-refractivity contribution < 1.29 is 14.3 Å². The van der Waals surface area contributed by atoms with E-state index in [9.17, 15) is 4.79 Å². The SMILES string of the molecule is COc1cc(N)c(C(=O)C2CCNCC2)cc1OC. The van der Waals surface area contributed by atoms with Gasteiger partial charge < -0.3 is 20.5 Å². The summed E-state index contributed by atoms with van der Waals surface area (Å²) in [4.78, 5) is 12.5. The van der Waals surface area contributed by atoms with Gasteiger partial charge in [0.25, 0.3) is 0 Å². The van der Waals surface area contributed by atoms with Gasteiger partial charge in [-0.05, 0) is 32.0 Å². The van der Waals surface area contributed by atoms with Gasteiger partial charge in [0.15, 0.2) is 17.3 Å². The molecule has 2 rings (SSSR count). The first-order valence-corrected chi connectivity index (χ1v) is 6.43. The number of carbonyl (C=O) groups is 1. The monoisotopic (exact) mass is 264 g/mol. The number of benzene rings is 1. The second-order valence-corrected chi connectivity index (χ2v) is 4.68. The molecule has 0 saturated carbocycles. The predicted octanol–water partition coefficient (Wildman–Crippen LogP) is 1.47. The van der Waals surface area contributed by atoms with Crippen molar-refractivity contribution in [3.63, 3.8) is 0 Å². The Labute approximate surface area is 113 Å². The Hall–Kier alpha value is -1.75. The Morgan fingerprint density at radius 2 is 1.79 bits per heavy atom. The lowest BCUT2D eigenvalue weighted by Crippen LogP contribution is -2.32. The number of hydrogen-bond donors (Lipinski definition) is 2. The zero-order valence-electron chi connectivity index (χ0n) is 11.4. The lowest BCUT2D eigenvalue weighted by atomic mass is 9.89. The van der Waals surface area contributed by atoms with Crippen molar-refractivity contribution in [1.29, 1.82) is 0 Å². The first-order valence-electron chi connectivity index (χ1n) is 6.43. The molecule has 5 heteroatoms. The van der Waals surface area contributed by atoms with Crippen LogP contribution in [0.15, 0.2) is 12.1 Å². The van der Waals surface area contributed by atoms with E-state index in [1.807, 2.05) is 0 Å². The number of ketones is 1. The lowest BCUT2D eigenvalue weighted by Gasteiger charge is -2.22. The molecule has 0 spiro atoms. The highest BCUT2D eigenvalue weighted by atomic mass is 16.5. The summed E-state index contributed by atoms with van der Waals surface area (Å²) in [5.74, 6) is 1.22. The Balaban J connectivity index is 2.30. The standard InChI is InChI=1S/C14H20N2O3/c1-18-12-7-10(11(15)8-13(12)19-2)14(17)9-3-5-16-6-4-9/h7-9,16H,3-6,15H2,1-2H3. The minimum atomic E-state index is 0.0432. The van der Waals surface area contributed by atoms with Crippen molar-refractivity contribution in [3.8, 4) is 11.5 Å². The number of anilines is 1. The number of piperidine rings is 1. The molecule has 1 fully saturated rings. The zero-order chi connectivity index (χ0) is 13.8. The number of carbonyl (C=O) groups excluding carboxylic acids is 1. The Morgan fingerprint density at radius 3 is 2.37 bits per heavy atom. The van der Waals surface area contributed by atoms with Gasteiger partial charge in [0, 0.05) is 23.2 Å². The largest absolute Gasteiger partial charge is 0.493 e. The number of nitrogen functional groups attached to an aromatic ring is 1. The van der Waals surface area contributed by atoms with E-state index in [-0.39, 0.29) is 11.7 Å². The first-order chi connectivity index (χ1) is 9.17. The summed E-state index contributed by atoms with van der Waals surface area (Å²) in [5, 5.41) is 3.25. The molecule has 19 heavy (non-hydrogen) atoms. The van der Waals surface area contributed by atoms with Gasteiger partial charge in [-0.25, -0.2) is 0 Å². The fourth-order valence-corrected chi connectivity index (χ4v) is 2.41. The van der Waals surface area contributed by atoms with Crippen LogP contribution in [0.25, 0.3) is 0 Å². The summed E-state index contributed by atoms with van der Waals surface area (Å²) in [6, 6.07) is 3.33. The highest BCUT2D eigenvalue weighted by Crippen LogP contribution is 2.33. The van der Waals surface area contributed by atoms with Crippen molar-refractivity contribution >= 4 is 11.5 Å². The van der Waals surface area contributed by atoms with E-state index in [1.54, 1.807) is 26.4 Å². The summed E-state index contributed by atoms with van der Waals surface area (Å²) < 4.78 is 10.4. The average molecular weight is 264 g/mol. The number of nitrogens with two attached hydrogens (primary N) is 1. The van der Waals surface area contributed by atoms with Crippen molar-refractivity contribution in [1.82, 2.24) is 5.32 Å². The molecule has 1 heterocycles. The van der Waals surface area contributed by atoms with Gasteiger partial charge in [-0.1, -0.05) is 0 Å². The average Bonchev–Trinajstić information content (AvgIpc) is 2.47. The van der Waals surface area contributed by atoms with E-state index in [0.29, 0.717) is 22.7 Å². The molecular formula is C14H20N2O3. The molecule has 104 valence electrons. The molecule has 1 aromatic rings. The van der Waals surface area contributed by atoms with E-state index in [4.69, 9.17) is 15.2 Å². The topological polar surface area (TPSA) is 73.6 Å². The van der Waals surface area contributed by atoms with E-state index < -0.39 is 0 Å². The molecule has 1 aliphatic rings. The third-order valence-corrected chi connectivity index (χ3v) is 3.53. The smallest absolute Gasteiger partial charge is 0.168 e. The van der Waals surface area contributed by atoms with Crippen LogP contribution in [0.4, 0.5) is 5.69 Å². The molecule has 0 aromatic heterocycles. The van der Waals surface area contributed by atoms with Crippen molar-refractivity contribution in [3.05, 3.63) is 17.7 Å². The summed E-state index contributed by atoms with van der Waals surface area (Å²) in [6.45, 7) is 1.76. The summed E-state index contributed by atoms with van der Waals surface area (Å²) in [6.07, 6.45) is 1.71. The second-order valence-electron chi connectivity index (χ2n) is 4.68. The van der Waals surface area contributed by atoms with Crippen LogP contribution in [0.1, 0.15) is 23.2 Å². The van der Waals surface area contributed by atoms with Gasteiger partial charge in [0.1, 0.15) is 0 Å². The zero-order valence-corrected chi connectivity index (χ0v) is 11.4. The third kappa shape index (κ3) is 2.81. The minimum absolute atomic E-state index is 0.0432. The van der Waals surface area contributed by atoms with Crippen LogP contribution >= 0.6 is 0 Å². The Morgan fingerprint density at radius 1 is 1.21 bits per heavy atom. The van der Waals surface area contributed by atoms with Gasteiger partial charge in [0.05, 0.1) is 14.2 Å². The summed E-state index contributed by atoms with van der Waals surface area (Å²) in [5.41, 5.74) is 6.93. The van der Waals surface area contributed by atoms with Gasteiger partial charge in [-0.15, -0.1) is 0 Å². The molecule has 5 nitrogen and oxygen atoms in total. The Kier molecular flexibility index (Phi) is 4.27. The number of rotatable bonds is 4.